The molecule has 0 radical (unpaired) electrons. The van der Waals surface area contributed by atoms with Crippen LogP contribution in [0.25, 0.3) is 22.1 Å². The maximum absolute atomic E-state index is 13.8. The molecule has 1 saturated heterocycles. The van der Waals surface area contributed by atoms with Crippen molar-refractivity contribution in [2.75, 3.05) is 18.0 Å². The van der Waals surface area contributed by atoms with Crippen LogP contribution in [-0.2, 0) is 20.1 Å². The number of imidazole rings is 1. The molecular weight excluding hydrogens is 456 g/mol. The van der Waals surface area contributed by atoms with Gasteiger partial charge in [-0.1, -0.05) is 24.1 Å². The number of piperidine rings is 1. The van der Waals surface area contributed by atoms with Gasteiger partial charge in [0.1, 0.15) is 0 Å². The fourth-order valence-electron chi connectivity index (χ4n) is 4.81. The SMILES string of the molecule is CC#CCn1c(N2CCC[C@@H](N)C2)nc2c1c(=O)n(Cc1cc(C#N)c3ccccc3n1)c(=O)n2C. The lowest BCUT2D eigenvalue weighted by Crippen LogP contribution is -2.44. The van der Waals surface area contributed by atoms with Crippen LogP contribution in [0.5, 0.6) is 0 Å². The summed E-state index contributed by atoms with van der Waals surface area (Å²) < 4.78 is 4.30. The molecule has 1 aliphatic heterocycles. The van der Waals surface area contributed by atoms with E-state index in [2.05, 4.69) is 27.8 Å². The number of benzene rings is 1. The van der Waals surface area contributed by atoms with Crippen LogP contribution in [0.3, 0.4) is 0 Å². The predicted octanol–water partition coefficient (Wildman–Crippen LogP) is 1.32. The van der Waals surface area contributed by atoms with Crippen LogP contribution in [0.4, 0.5) is 5.95 Å². The molecular formula is C26H26N8O2. The first kappa shape index (κ1) is 23.3. The third-order valence-corrected chi connectivity index (χ3v) is 6.58. The minimum absolute atomic E-state index is 0.0121. The molecule has 1 atom stereocenters. The number of nitrogens with two attached hydrogens (primary N) is 1. The van der Waals surface area contributed by atoms with Gasteiger partial charge in [0.2, 0.25) is 5.95 Å². The van der Waals surface area contributed by atoms with E-state index in [0.29, 0.717) is 40.4 Å². The number of fused-ring (bicyclic) bond motifs is 2. The highest BCUT2D eigenvalue weighted by atomic mass is 16.2. The van der Waals surface area contributed by atoms with Crippen LogP contribution in [0.1, 0.15) is 31.0 Å². The first-order valence-electron chi connectivity index (χ1n) is 11.8. The van der Waals surface area contributed by atoms with Crippen molar-refractivity contribution >= 4 is 28.0 Å². The molecule has 0 bridgehead atoms. The van der Waals surface area contributed by atoms with Crippen molar-refractivity contribution in [1.29, 1.82) is 5.26 Å². The van der Waals surface area contributed by atoms with Gasteiger partial charge in [-0.05, 0) is 31.9 Å². The van der Waals surface area contributed by atoms with Crippen LogP contribution >= 0.6 is 0 Å². The number of aromatic nitrogens is 5. The van der Waals surface area contributed by atoms with Crippen molar-refractivity contribution in [3.63, 3.8) is 0 Å². The summed E-state index contributed by atoms with van der Waals surface area (Å²) in [4.78, 5) is 38.5. The van der Waals surface area contributed by atoms with Crippen molar-refractivity contribution in [2.24, 2.45) is 12.8 Å². The molecule has 10 nitrogen and oxygen atoms in total. The van der Waals surface area contributed by atoms with Crippen LogP contribution in [0.15, 0.2) is 39.9 Å². The number of hydrogen-bond acceptors (Lipinski definition) is 7. The molecule has 4 heterocycles. The number of para-hydroxylation sites is 1. The van der Waals surface area contributed by atoms with Crippen LogP contribution in [0.2, 0.25) is 0 Å². The maximum Gasteiger partial charge on any atom is 0.332 e. The second-order valence-electron chi connectivity index (χ2n) is 8.97. The van der Waals surface area contributed by atoms with Crippen molar-refractivity contribution in [1.82, 2.24) is 23.7 Å². The maximum atomic E-state index is 13.8. The van der Waals surface area contributed by atoms with E-state index in [0.717, 1.165) is 29.3 Å². The molecule has 36 heavy (non-hydrogen) atoms. The summed E-state index contributed by atoms with van der Waals surface area (Å²) in [5, 5.41) is 10.4. The van der Waals surface area contributed by atoms with Crippen molar-refractivity contribution in [3.8, 4) is 17.9 Å². The zero-order valence-corrected chi connectivity index (χ0v) is 20.2. The lowest BCUT2D eigenvalue weighted by Gasteiger charge is -2.31. The van der Waals surface area contributed by atoms with E-state index in [9.17, 15) is 14.9 Å². The minimum atomic E-state index is -0.505. The average Bonchev–Trinajstić information content (AvgIpc) is 3.28. The van der Waals surface area contributed by atoms with E-state index in [-0.39, 0.29) is 19.1 Å². The van der Waals surface area contributed by atoms with Gasteiger partial charge in [0, 0.05) is 31.6 Å². The molecule has 5 rings (SSSR count). The summed E-state index contributed by atoms with van der Waals surface area (Å²) in [5.41, 5.74) is 7.35. The van der Waals surface area contributed by atoms with Gasteiger partial charge in [-0.2, -0.15) is 10.2 Å². The molecule has 3 aromatic heterocycles. The highest BCUT2D eigenvalue weighted by Gasteiger charge is 2.26. The molecule has 2 N–H and O–H groups in total. The van der Waals surface area contributed by atoms with Gasteiger partial charge in [-0.3, -0.25) is 23.5 Å². The van der Waals surface area contributed by atoms with E-state index in [4.69, 9.17) is 10.7 Å². The van der Waals surface area contributed by atoms with E-state index in [1.165, 1.54) is 4.57 Å². The molecule has 0 unspecified atom stereocenters. The molecule has 0 aliphatic carbocycles. The Bertz CT molecular complexity index is 1710. The van der Waals surface area contributed by atoms with E-state index in [1.807, 2.05) is 18.2 Å². The lowest BCUT2D eigenvalue weighted by molar-refractivity contribution is 0.496. The number of rotatable bonds is 4. The zero-order chi connectivity index (χ0) is 25.4. The Labute approximate surface area is 207 Å². The van der Waals surface area contributed by atoms with Gasteiger partial charge in [0.05, 0.1) is 35.9 Å². The van der Waals surface area contributed by atoms with Gasteiger partial charge in [-0.25, -0.2) is 4.79 Å². The molecule has 1 aromatic carbocycles. The van der Waals surface area contributed by atoms with E-state index in [1.54, 1.807) is 30.7 Å². The largest absolute Gasteiger partial charge is 0.341 e. The Balaban J connectivity index is 1.70. The standard InChI is InChI=1S/C26H26N8O2/c1-3-4-12-33-22-23(30-25(33)32-11-7-8-18(28)15-32)31(2)26(36)34(24(22)35)16-19-13-17(14-27)20-9-5-6-10-21(20)29-19/h5-6,9-10,13,18H,7-8,11-12,15-16,28H2,1-2H3/t18-/m1/s1. The first-order chi connectivity index (χ1) is 17.4. The summed E-state index contributed by atoms with van der Waals surface area (Å²) in [6.45, 7) is 3.30. The van der Waals surface area contributed by atoms with E-state index < -0.39 is 11.2 Å². The molecule has 10 heteroatoms. The van der Waals surface area contributed by atoms with Gasteiger partial charge in [-0.15, -0.1) is 5.92 Å². The predicted molar refractivity (Wildman–Crippen MR) is 138 cm³/mol. The van der Waals surface area contributed by atoms with Gasteiger partial charge >= 0.3 is 5.69 Å². The van der Waals surface area contributed by atoms with E-state index >= 15 is 0 Å². The number of hydrogen-bond donors (Lipinski definition) is 1. The minimum Gasteiger partial charge on any atom is -0.341 e. The topological polar surface area (TPSA) is 128 Å². The highest BCUT2D eigenvalue weighted by Crippen LogP contribution is 2.23. The number of aryl methyl sites for hydroxylation is 1. The lowest BCUT2D eigenvalue weighted by atomic mass is 10.1. The Morgan fingerprint density at radius 1 is 1.19 bits per heavy atom. The molecule has 0 spiro atoms. The molecule has 1 aliphatic rings. The van der Waals surface area contributed by atoms with Gasteiger partial charge < -0.3 is 10.6 Å². The van der Waals surface area contributed by atoms with Gasteiger partial charge in [0.25, 0.3) is 5.56 Å². The number of anilines is 1. The van der Waals surface area contributed by atoms with Crippen LogP contribution in [-0.4, -0.2) is 42.8 Å². The first-order valence-corrected chi connectivity index (χ1v) is 11.8. The Morgan fingerprint density at radius 2 is 2.00 bits per heavy atom. The molecule has 1 fully saturated rings. The Hall–Kier alpha value is -4.41. The second-order valence-corrected chi connectivity index (χ2v) is 8.97. The zero-order valence-electron chi connectivity index (χ0n) is 20.2. The fourth-order valence-corrected chi connectivity index (χ4v) is 4.81. The summed E-state index contributed by atoms with van der Waals surface area (Å²) in [7, 11) is 1.60. The Morgan fingerprint density at radius 3 is 2.75 bits per heavy atom. The fraction of sp³-hybridized carbons (Fsp3) is 0.346. The van der Waals surface area contributed by atoms with Crippen LogP contribution < -0.4 is 21.9 Å². The summed E-state index contributed by atoms with van der Waals surface area (Å²) >= 11 is 0. The monoisotopic (exact) mass is 482 g/mol. The average molecular weight is 483 g/mol. The number of pyridine rings is 1. The number of nitriles is 1. The Kier molecular flexibility index (Phi) is 6.05. The summed E-state index contributed by atoms with van der Waals surface area (Å²) in [5.74, 6) is 6.50. The second kappa shape index (κ2) is 9.33. The molecule has 182 valence electrons. The quantitative estimate of drug-likeness (QED) is 0.435. The summed E-state index contributed by atoms with van der Waals surface area (Å²) in [6.07, 6.45) is 1.85. The van der Waals surface area contributed by atoms with Crippen molar-refractivity contribution in [2.45, 2.75) is 38.9 Å². The van der Waals surface area contributed by atoms with Crippen molar-refractivity contribution in [3.05, 3.63) is 62.4 Å². The molecule has 0 saturated carbocycles. The smallest absolute Gasteiger partial charge is 0.332 e. The molecule has 4 aromatic rings. The number of nitrogens with zero attached hydrogens (tertiary/aromatic N) is 7. The third kappa shape index (κ3) is 3.92. The van der Waals surface area contributed by atoms with Crippen molar-refractivity contribution < 1.29 is 0 Å². The third-order valence-electron chi connectivity index (χ3n) is 6.58. The molecule has 0 amide bonds. The summed E-state index contributed by atoms with van der Waals surface area (Å²) in [6, 6.07) is 11.1. The van der Waals surface area contributed by atoms with Gasteiger partial charge in [0.15, 0.2) is 11.2 Å². The normalized spacial score (nSPS) is 15.6. The highest BCUT2D eigenvalue weighted by molar-refractivity contribution is 5.84. The van der Waals surface area contributed by atoms with Crippen LogP contribution in [0, 0.1) is 23.2 Å².